The van der Waals surface area contributed by atoms with Crippen molar-refractivity contribution < 1.29 is 0 Å². The minimum Gasteiger partial charge on any atom is -0.365 e. The molecular weight excluding hydrogens is 318 g/mol. The van der Waals surface area contributed by atoms with Crippen molar-refractivity contribution in [2.24, 2.45) is 0 Å². The standard InChI is InChI=1S/C23H27N3/c1-4-5-16-25(3)23(17-24)18(2)26-21-12-8-6-10-19(21)14-15-20-11-7-9-13-22(20)26/h6-13H,4-5,14-16H2,1-3H3. The fourth-order valence-electron chi connectivity index (χ4n) is 3.70. The van der Waals surface area contributed by atoms with E-state index in [4.69, 9.17) is 0 Å². The molecule has 3 nitrogen and oxygen atoms in total. The van der Waals surface area contributed by atoms with Gasteiger partial charge in [-0.05, 0) is 49.4 Å². The first-order valence-electron chi connectivity index (χ1n) is 9.45. The summed E-state index contributed by atoms with van der Waals surface area (Å²) in [6, 6.07) is 19.6. The van der Waals surface area contributed by atoms with Crippen molar-refractivity contribution in [3.05, 3.63) is 71.1 Å². The number of para-hydroxylation sites is 2. The predicted molar refractivity (Wildman–Crippen MR) is 108 cm³/mol. The van der Waals surface area contributed by atoms with Gasteiger partial charge in [-0.3, -0.25) is 0 Å². The summed E-state index contributed by atoms with van der Waals surface area (Å²) in [5.74, 6) is 0. The Balaban J connectivity index is 2.16. The minimum atomic E-state index is 0.741. The SMILES string of the molecule is CCCCN(C)C(C#N)=C(C)N1c2ccccc2CCc2ccccc21. The zero-order valence-electron chi connectivity index (χ0n) is 16.0. The molecular formula is C23H27N3. The van der Waals surface area contributed by atoms with Gasteiger partial charge in [-0.1, -0.05) is 49.7 Å². The highest BCUT2D eigenvalue weighted by molar-refractivity contribution is 5.75. The van der Waals surface area contributed by atoms with E-state index in [1.807, 2.05) is 7.05 Å². The first-order valence-corrected chi connectivity index (χ1v) is 9.45. The summed E-state index contributed by atoms with van der Waals surface area (Å²) in [7, 11) is 2.02. The Hall–Kier alpha value is -2.73. The third-order valence-electron chi connectivity index (χ3n) is 5.14. The lowest BCUT2D eigenvalue weighted by molar-refractivity contribution is 0.416. The van der Waals surface area contributed by atoms with Crippen LogP contribution in [0.15, 0.2) is 59.9 Å². The lowest BCUT2D eigenvalue weighted by atomic mass is 10.0. The van der Waals surface area contributed by atoms with E-state index < -0.39 is 0 Å². The number of hydrogen-bond acceptors (Lipinski definition) is 3. The van der Waals surface area contributed by atoms with E-state index in [-0.39, 0.29) is 0 Å². The van der Waals surface area contributed by atoms with Crippen LogP contribution in [0.2, 0.25) is 0 Å². The van der Waals surface area contributed by atoms with Gasteiger partial charge in [0.15, 0.2) is 0 Å². The van der Waals surface area contributed by atoms with Crippen molar-refractivity contribution in [1.29, 1.82) is 5.26 Å². The van der Waals surface area contributed by atoms with Gasteiger partial charge in [-0.25, -0.2) is 0 Å². The van der Waals surface area contributed by atoms with Crippen molar-refractivity contribution in [1.82, 2.24) is 4.90 Å². The van der Waals surface area contributed by atoms with Crippen LogP contribution in [0.1, 0.15) is 37.8 Å². The van der Waals surface area contributed by atoms with Gasteiger partial charge >= 0.3 is 0 Å². The molecule has 2 aromatic carbocycles. The zero-order chi connectivity index (χ0) is 18.5. The molecule has 0 bridgehead atoms. The average Bonchev–Trinajstić information content (AvgIpc) is 2.83. The predicted octanol–water partition coefficient (Wildman–Crippen LogP) is 5.41. The summed E-state index contributed by atoms with van der Waals surface area (Å²) in [4.78, 5) is 4.37. The van der Waals surface area contributed by atoms with Crippen molar-refractivity contribution in [2.75, 3.05) is 18.5 Å². The minimum absolute atomic E-state index is 0.741. The lowest BCUT2D eigenvalue weighted by Crippen LogP contribution is -2.25. The highest BCUT2D eigenvalue weighted by Crippen LogP contribution is 2.39. The number of nitriles is 1. The molecule has 26 heavy (non-hydrogen) atoms. The Morgan fingerprint density at radius 3 is 2.08 bits per heavy atom. The van der Waals surface area contributed by atoms with Crippen LogP contribution in [-0.4, -0.2) is 18.5 Å². The molecule has 0 spiro atoms. The van der Waals surface area contributed by atoms with E-state index in [0.717, 1.165) is 43.6 Å². The quantitative estimate of drug-likeness (QED) is 0.679. The summed E-state index contributed by atoms with van der Waals surface area (Å²) in [6.45, 7) is 5.14. The molecule has 0 atom stereocenters. The number of unbranched alkanes of at least 4 members (excludes halogenated alkanes) is 1. The first-order chi connectivity index (χ1) is 12.7. The maximum atomic E-state index is 9.89. The van der Waals surface area contributed by atoms with Gasteiger partial charge < -0.3 is 9.80 Å². The average molecular weight is 345 g/mol. The molecule has 3 rings (SSSR count). The second-order valence-corrected chi connectivity index (χ2v) is 6.91. The van der Waals surface area contributed by atoms with Gasteiger partial charge in [0.05, 0.1) is 5.70 Å². The molecule has 0 fully saturated rings. The zero-order valence-corrected chi connectivity index (χ0v) is 16.0. The Bertz CT molecular complexity index is 797. The van der Waals surface area contributed by atoms with Gasteiger partial charge in [0, 0.05) is 25.0 Å². The molecule has 134 valence electrons. The summed E-state index contributed by atoms with van der Waals surface area (Å²) < 4.78 is 0. The topological polar surface area (TPSA) is 30.3 Å². The smallest absolute Gasteiger partial charge is 0.135 e. The maximum Gasteiger partial charge on any atom is 0.135 e. The van der Waals surface area contributed by atoms with Crippen molar-refractivity contribution in [3.63, 3.8) is 0 Å². The number of benzene rings is 2. The first kappa shape index (κ1) is 18.1. The molecule has 1 aliphatic rings. The van der Waals surface area contributed by atoms with Crippen LogP contribution >= 0.6 is 0 Å². The highest BCUT2D eigenvalue weighted by Gasteiger charge is 2.24. The summed E-state index contributed by atoms with van der Waals surface area (Å²) in [6.07, 6.45) is 4.24. The van der Waals surface area contributed by atoms with Gasteiger partial charge in [0.2, 0.25) is 0 Å². The molecule has 1 aliphatic heterocycles. The molecule has 0 radical (unpaired) electrons. The van der Waals surface area contributed by atoms with Crippen LogP contribution in [-0.2, 0) is 12.8 Å². The maximum absolute atomic E-state index is 9.89. The van der Waals surface area contributed by atoms with Crippen LogP contribution in [0, 0.1) is 11.3 Å². The third-order valence-corrected chi connectivity index (χ3v) is 5.14. The van der Waals surface area contributed by atoms with Gasteiger partial charge in [-0.2, -0.15) is 5.26 Å². The normalized spacial score (nSPS) is 13.8. The van der Waals surface area contributed by atoms with Crippen LogP contribution < -0.4 is 4.90 Å². The number of hydrogen-bond donors (Lipinski definition) is 0. The van der Waals surface area contributed by atoms with E-state index in [1.54, 1.807) is 0 Å². The van der Waals surface area contributed by atoms with Crippen LogP contribution in [0.25, 0.3) is 0 Å². The molecule has 2 aromatic rings. The molecule has 0 aromatic heterocycles. The van der Waals surface area contributed by atoms with Crippen molar-refractivity contribution in [3.8, 4) is 6.07 Å². The van der Waals surface area contributed by atoms with E-state index >= 15 is 0 Å². The lowest BCUT2D eigenvalue weighted by Gasteiger charge is -2.30. The fourth-order valence-corrected chi connectivity index (χ4v) is 3.70. The molecule has 3 heteroatoms. The molecule has 0 saturated carbocycles. The van der Waals surface area contributed by atoms with Gasteiger partial charge in [-0.15, -0.1) is 0 Å². The Labute approximate surface area is 157 Å². The second kappa shape index (κ2) is 8.10. The van der Waals surface area contributed by atoms with Gasteiger partial charge in [0.25, 0.3) is 0 Å². The van der Waals surface area contributed by atoms with Crippen molar-refractivity contribution in [2.45, 2.75) is 39.5 Å². The number of rotatable bonds is 5. The van der Waals surface area contributed by atoms with E-state index in [0.29, 0.717) is 0 Å². The molecule has 0 unspecified atom stereocenters. The van der Waals surface area contributed by atoms with E-state index in [9.17, 15) is 5.26 Å². The Morgan fingerprint density at radius 2 is 1.58 bits per heavy atom. The Kier molecular flexibility index (Phi) is 5.63. The number of anilines is 2. The summed E-state index contributed by atoms with van der Waals surface area (Å²) >= 11 is 0. The molecule has 1 heterocycles. The number of allylic oxidation sites excluding steroid dienone is 2. The molecule has 0 N–H and O–H groups in total. The van der Waals surface area contributed by atoms with Crippen LogP contribution in [0.4, 0.5) is 11.4 Å². The Morgan fingerprint density at radius 1 is 1.04 bits per heavy atom. The summed E-state index contributed by atoms with van der Waals surface area (Å²) in [5, 5.41) is 9.89. The molecule has 0 saturated heterocycles. The van der Waals surface area contributed by atoms with Crippen molar-refractivity contribution >= 4 is 11.4 Å². The number of aryl methyl sites for hydroxylation is 2. The molecule has 0 aliphatic carbocycles. The number of fused-ring (bicyclic) bond motifs is 2. The monoisotopic (exact) mass is 345 g/mol. The number of nitrogens with zero attached hydrogens (tertiary/aromatic N) is 3. The van der Waals surface area contributed by atoms with Crippen LogP contribution in [0.3, 0.4) is 0 Å². The second-order valence-electron chi connectivity index (χ2n) is 6.91. The fraction of sp³-hybridized carbons (Fsp3) is 0.348. The van der Waals surface area contributed by atoms with E-state index in [1.165, 1.54) is 22.5 Å². The summed E-state index contributed by atoms with van der Waals surface area (Å²) in [5.41, 5.74) is 6.77. The van der Waals surface area contributed by atoms with Crippen LogP contribution in [0.5, 0.6) is 0 Å². The molecule has 0 amide bonds. The van der Waals surface area contributed by atoms with E-state index in [2.05, 4.69) is 78.2 Å². The largest absolute Gasteiger partial charge is 0.365 e. The van der Waals surface area contributed by atoms with Gasteiger partial charge in [0.1, 0.15) is 11.8 Å². The highest BCUT2D eigenvalue weighted by atomic mass is 15.2. The third kappa shape index (κ3) is 3.46.